The molecule has 1 aliphatic carbocycles. The van der Waals surface area contributed by atoms with Crippen LogP contribution in [0.4, 0.5) is 17.1 Å². The number of nitrogens with zero attached hydrogens (tertiary/aromatic N) is 1. The highest BCUT2D eigenvalue weighted by molar-refractivity contribution is 7.17. The lowest BCUT2D eigenvalue weighted by atomic mass is 9.55. The Morgan fingerprint density at radius 1 is 0.313 bits per heavy atom. The minimum absolute atomic E-state index is 0.552. The van der Waals surface area contributed by atoms with Gasteiger partial charge in [0.25, 0.3) is 0 Å². The minimum Gasteiger partial charge on any atom is -0.310 e. The summed E-state index contributed by atoms with van der Waals surface area (Å²) < 4.78 is 0. The molecule has 0 amide bonds. The fourth-order valence-electron chi connectivity index (χ4n) is 12.5. The molecule has 10 aromatic rings. The molecule has 3 aliphatic rings. The molecule has 0 unspecified atom stereocenters. The normalized spacial score (nSPS) is 15.9. The number of hydrogen-bond acceptors (Lipinski definition) is 3. The lowest BCUT2D eigenvalue weighted by molar-refractivity contribution is 0.647. The van der Waals surface area contributed by atoms with E-state index in [4.69, 9.17) is 0 Å². The molecule has 2 aromatic heterocycles. The number of rotatable bonds is 5. The van der Waals surface area contributed by atoms with Crippen molar-refractivity contribution in [3.63, 3.8) is 0 Å². The smallest absolute Gasteiger partial charge is 0.113 e. The SMILES string of the molecule is C[Si]1(C)c2ccccc2C2(c3ccccc31)c1cc(-c3cccc(N(c4ccccc4)c4ccccc4)c3)sc1C1(c3ccccc3[Si](C)(C)c3ccccc31)c1cc(-c3ccccc3)sc12. The Bertz CT molecular complexity index is 3260. The molecular formula is C62H49NS2Si2. The van der Waals surface area contributed by atoms with E-state index in [1.165, 1.54) is 84.8 Å². The van der Waals surface area contributed by atoms with E-state index in [0.29, 0.717) is 0 Å². The van der Waals surface area contributed by atoms with Crippen LogP contribution in [0.1, 0.15) is 43.1 Å². The van der Waals surface area contributed by atoms with Crippen molar-refractivity contribution in [1.29, 1.82) is 0 Å². The quantitative estimate of drug-likeness (QED) is 0.156. The topological polar surface area (TPSA) is 3.24 Å². The maximum Gasteiger partial charge on any atom is 0.113 e. The minimum atomic E-state index is -2.16. The van der Waals surface area contributed by atoms with E-state index in [1.807, 2.05) is 22.7 Å². The van der Waals surface area contributed by atoms with Gasteiger partial charge in [0.15, 0.2) is 0 Å². The third kappa shape index (κ3) is 5.57. The lowest BCUT2D eigenvalue weighted by Gasteiger charge is -2.54. The summed E-state index contributed by atoms with van der Waals surface area (Å²) in [5.41, 5.74) is 13.5. The van der Waals surface area contributed by atoms with Crippen molar-refractivity contribution in [2.24, 2.45) is 0 Å². The number of benzene rings is 8. The van der Waals surface area contributed by atoms with Gasteiger partial charge in [-0.25, -0.2) is 0 Å². The fraction of sp³-hybridized carbons (Fsp3) is 0.0968. The first-order chi connectivity index (χ1) is 32.7. The van der Waals surface area contributed by atoms with E-state index in [2.05, 4.69) is 256 Å². The Labute approximate surface area is 404 Å². The molecule has 13 rings (SSSR count). The number of para-hydroxylation sites is 2. The summed E-state index contributed by atoms with van der Waals surface area (Å²) in [6.45, 7) is 10.3. The van der Waals surface area contributed by atoms with E-state index in [9.17, 15) is 0 Å². The third-order valence-electron chi connectivity index (χ3n) is 15.4. The van der Waals surface area contributed by atoms with Gasteiger partial charge in [0.2, 0.25) is 0 Å². The average Bonchev–Trinajstić information content (AvgIpc) is 4.04. The Morgan fingerprint density at radius 2 is 0.642 bits per heavy atom. The van der Waals surface area contributed by atoms with E-state index in [-0.39, 0.29) is 0 Å². The van der Waals surface area contributed by atoms with Crippen LogP contribution >= 0.6 is 22.7 Å². The maximum atomic E-state index is 2.65. The highest BCUT2D eigenvalue weighted by Crippen LogP contribution is 2.66. The van der Waals surface area contributed by atoms with Crippen molar-refractivity contribution in [1.82, 2.24) is 0 Å². The van der Waals surface area contributed by atoms with Gasteiger partial charge in [0, 0.05) is 36.6 Å². The molecule has 0 bridgehead atoms. The predicted octanol–water partition coefficient (Wildman–Crippen LogP) is 14.0. The molecule has 322 valence electrons. The standard InChI is InChI=1S/C62H49NS2Si2/c1-66(2)55-35-18-14-31-47(55)61(48-32-15-19-36-56(48)66)51-40-53(42-23-8-5-9-24-42)64-59(51)62(49-33-16-20-37-57(49)67(3,4)58-38-21-17-34-50(58)62)52-41-54(65-60(52)61)43-25-22-30-46(39-43)63(44-26-10-6-11-27-44)45-28-12-7-13-29-45/h5-41H,1-4H3. The van der Waals surface area contributed by atoms with Gasteiger partial charge >= 0.3 is 0 Å². The van der Waals surface area contributed by atoms with Crippen molar-refractivity contribution >= 4 is 76.6 Å². The molecule has 0 saturated carbocycles. The van der Waals surface area contributed by atoms with Gasteiger partial charge in [-0.05, 0) is 114 Å². The first-order valence-electron chi connectivity index (χ1n) is 23.5. The summed E-state index contributed by atoms with van der Waals surface area (Å²) in [4.78, 5) is 7.90. The number of fused-ring (bicyclic) bond motifs is 14. The van der Waals surface area contributed by atoms with E-state index in [1.54, 1.807) is 0 Å². The highest BCUT2D eigenvalue weighted by atomic mass is 32.1. The fourth-order valence-corrected chi connectivity index (χ4v) is 21.8. The molecule has 8 aromatic carbocycles. The van der Waals surface area contributed by atoms with Crippen LogP contribution in [0, 0.1) is 0 Å². The average molecular weight is 928 g/mol. The van der Waals surface area contributed by atoms with Crippen LogP contribution in [0.25, 0.3) is 20.9 Å². The molecule has 5 heteroatoms. The van der Waals surface area contributed by atoms with Crippen molar-refractivity contribution in [2.45, 2.75) is 37.0 Å². The summed E-state index contributed by atoms with van der Waals surface area (Å²) in [7, 11) is -4.32. The van der Waals surface area contributed by atoms with Gasteiger partial charge in [0.05, 0.1) is 10.8 Å². The Morgan fingerprint density at radius 3 is 1.06 bits per heavy atom. The largest absolute Gasteiger partial charge is 0.310 e. The van der Waals surface area contributed by atoms with Gasteiger partial charge in [-0.1, -0.05) is 202 Å². The van der Waals surface area contributed by atoms with Gasteiger partial charge in [0.1, 0.15) is 16.1 Å². The molecule has 0 fully saturated rings. The van der Waals surface area contributed by atoms with Crippen LogP contribution in [0.15, 0.2) is 224 Å². The van der Waals surface area contributed by atoms with Gasteiger partial charge in [-0.15, -0.1) is 22.7 Å². The number of hydrogen-bond donors (Lipinski definition) is 0. The van der Waals surface area contributed by atoms with Gasteiger partial charge < -0.3 is 4.90 Å². The zero-order valence-electron chi connectivity index (χ0n) is 38.1. The van der Waals surface area contributed by atoms with Crippen molar-refractivity contribution in [3.05, 3.63) is 268 Å². The summed E-state index contributed by atoms with van der Waals surface area (Å²) in [5, 5.41) is 6.13. The summed E-state index contributed by atoms with van der Waals surface area (Å²) in [6, 6.07) is 85.7. The van der Waals surface area contributed by atoms with Crippen LogP contribution in [-0.4, -0.2) is 16.1 Å². The first-order valence-corrected chi connectivity index (χ1v) is 31.1. The molecule has 2 aliphatic heterocycles. The zero-order valence-corrected chi connectivity index (χ0v) is 41.8. The number of thiophene rings is 2. The molecule has 0 N–H and O–H groups in total. The molecule has 0 saturated heterocycles. The zero-order chi connectivity index (χ0) is 45.1. The second-order valence-electron chi connectivity index (χ2n) is 19.6. The van der Waals surface area contributed by atoms with Crippen LogP contribution in [-0.2, 0) is 10.8 Å². The summed E-state index contributed by atoms with van der Waals surface area (Å²) in [5.74, 6) is 0. The third-order valence-corrected chi connectivity index (χ3v) is 25.2. The Balaban J connectivity index is 1.19. The van der Waals surface area contributed by atoms with Gasteiger partial charge in [-0.2, -0.15) is 0 Å². The van der Waals surface area contributed by atoms with E-state index < -0.39 is 27.0 Å². The lowest BCUT2D eigenvalue weighted by Crippen LogP contribution is -2.66. The van der Waals surface area contributed by atoms with Crippen molar-refractivity contribution < 1.29 is 0 Å². The van der Waals surface area contributed by atoms with Gasteiger partial charge in [-0.3, -0.25) is 0 Å². The van der Waals surface area contributed by atoms with Crippen LogP contribution in [0.5, 0.6) is 0 Å². The Hall–Kier alpha value is -6.61. The molecule has 4 heterocycles. The highest BCUT2D eigenvalue weighted by Gasteiger charge is 2.62. The Kier molecular flexibility index (Phi) is 9.07. The monoisotopic (exact) mass is 927 g/mol. The maximum absolute atomic E-state index is 2.65. The second-order valence-corrected chi connectivity index (χ2v) is 30.3. The van der Waals surface area contributed by atoms with Crippen molar-refractivity contribution in [3.8, 4) is 20.9 Å². The van der Waals surface area contributed by atoms with E-state index in [0.717, 1.165) is 17.1 Å². The summed E-state index contributed by atoms with van der Waals surface area (Å²) >= 11 is 4.06. The van der Waals surface area contributed by atoms with Crippen LogP contribution in [0.2, 0.25) is 26.2 Å². The van der Waals surface area contributed by atoms with Crippen molar-refractivity contribution in [2.75, 3.05) is 4.90 Å². The molecule has 67 heavy (non-hydrogen) atoms. The second kappa shape index (κ2) is 14.9. The van der Waals surface area contributed by atoms with Crippen LogP contribution in [0.3, 0.4) is 0 Å². The van der Waals surface area contributed by atoms with Crippen LogP contribution < -0.4 is 25.6 Å². The molecular weight excluding hydrogens is 879 g/mol. The molecule has 0 radical (unpaired) electrons. The molecule has 0 atom stereocenters. The number of anilines is 3. The van der Waals surface area contributed by atoms with E-state index >= 15 is 0 Å². The molecule has 2 spiro atoms. The predicted molar refractivity (Wildman–Crippen MR) is 291 cm³/mol. The molecule has 1 nitrogen and oxygen atoms in total. The first kappa shape index (κ1) is 40.7. The summed E-state index contributed by atoms with van der Waals surface area (Å²) in [6.07, 6.45) is 0.